The first kappa shape index (κ1) is 19.5. The second-order valence-corrected chi connectivity index (χ2v) is 8.08. The minimum absolute atomic E-state index is 0.0604. The molecular formula is C17H21FN4O4S. The van der Waals surface area contributed by atoms with Gasteiger partial charge in [0.05, 0.1) is 30.3 Å². The molecule has 0 radical (unpaired) electrons. The molecule has 1 aliphatic heterocycles. The van der Waals surface area contributed by atoms with Gasteiger partial charge in [0.15, 0.2) is 0 Å². The molecular weight excluding hydrogens is 375 g/mol. The first-order chi connectivity index (χ1) is 12.8. The number of para-hydroxylation sites is 1. The molecule has 0 bridgehead atoms. The average molecular weight is 396 g/mol. The van der Waals surface area contributed by atoms with Crippen LogP contribution in [0.5, 0.6) is 0 Å². The molecule has 0 unspecified atom stereocenters. The molecule has 1 N–H and O–H groups in total. The number of carbonyl (C=O) groups is 1. The molecule has 2 aromatic rings. The Labute approximate surface area is 157 Å². The fourth-order valence-corrected chi connectivity index (χ4v) is 4.79. The molecule has 0 saturated carbocycles. The molecule has 1 aromatic carbocycles. The van der Waals surface area contributed by atoms with Crippen LogP contribution in [0.4, 0.5) is 10.1 Å². The van der Waals surface area contributed by atoms with Crippen molar-refractivity contribution in [3.8, 4) is 0 Å². The van der Waals surface area contributed by atoms with E-state index in [2.05, 4.69) is 10.4 Å². The van der Waals surface area contributed by atoms with E-state index < -0.39 is 21.7 Å². The number of ether oxygens (including phenoxy) is 1. The molecule has 0 atom stereocenters. The fraction of sp³-hybridized carbons (Fsp3) is 0.412. The Balaban J connectivity index is 1.81. The van der Waals surface area contributed by atoms with Crippen molar-refractivity contribution in [2.45, 2.75) is 25.3 Å². The normalized spacial score (nSPS) is 15.7. The third-order valence-corrected chi connectivity index (χ3v) is 6.48. The van der Waals surface area contributed by atoms with Crippen molar-refractivity contribution >= 4 is 21.6 Å². The third-order valence-electron chi connectivity index (χ3n) is 4.32. The molecule has 0 aliphatic carbocycles. The summed E-state index contributed by atoms with van der Waals surface area (Å²) in [5.74, 6) is -1.05. The van der Waals surface area contributed by atoms with Gasteiger partial charge in [-0.1, -0.05) is 12.1 Å². The molecule has 0 spiro atoms. The Kier molecular flexibility index (Phi) is 5.59. The number of morpholine rings is 1. The van der Waals surface area contributed by atoms with Crippen LogP contribution >= 0.6 is 0 Å². The van der Waals surface area contributed by atoms with E-state index in [-0.39, 0.29) is 30.2 Å². The van der Waals surface area contributed by atoms with E-state index in [4.69, 9.17) is 4.74 Å². The molecule has 1 aliphatic rings. The highest BCUT2D eigenvalue weighted by molar-refractivity contribution is 7.89. The van der Waals surface area contributed by atoms with Crippen molar-refractivity contribution in [3.05, 3.63) is 41.5 Å². The van der Waals surface area contributed by atoms with E-state index in [1.165, 1.54) is 27.2 Å². The molecule has 27 heavy (non-hydrogen) atoms. The number of amides is 1. The minimum atomic E-state index is -3.73. The highest BCUT2D eigenvalue weighted by atomic mass is 32.2. The van der Waals surface area contributed by atoms with Gasteiger partial charge in [0.25, 0.3) is 0 Å². The molecule has 1 aromatic heterocycles. The summed E-state index contributed by atoms with van der Waals surface area (Å²) >= 11 is 0. The summed E-state index contributed by atoms with van der Waals surface area (Å²) in [5, 5.41) is 6.67. The summed E-state index contributed by atoms with van der Waals surface area (Å²) in [7, 11) is -3.73. The Morgan fingerprint density at radius 2 is 1.93 bits per heavy atom. The van der Waals surface area contributed by atoms with Gasteiger partial charge in [-0.3, -0.25) is 9.48 Å². The monoisotopic (exact) mass is 396 g/mol. The van der Waals surface area contributed by atoms with E-state index in [9.17, 15) is 17.6 Å². The maximum Gasteiger partial charge on any atom is 0.246 e. The maximum atomic E-state index is 13.7. The van der Waals surface area contributed by atoms with Gasteiger partial charge in [0, 0.05) is 13.1 Å². The van der Waals surface area contributed by atoms with E-state index in [0.29, 0.717) is 24.6 Å². The predicted octanol–water partition coefficient (Wildman–Crippen LogP) is 1.30. The summed E-state index contributed by atoms with van der Waals surface area (Å²) in [6.45, 7) is 4.21. The second kappa shape index (κ2) is 7.75. The number of carbonyl (C=O) groups excluding carboxylic acids is 1. The number of hydrogen-bond acceptors (Lipinski definition) is 5. The van der Waals surface area contributed by atoms with E-state index in [1.807, 2.05) is 0 Å². The zero-order valence-corrected chi connectivity index (χ0v) is 15.9. The van der Waals surface area contributed by atoms with Crippen LogP contribution in [0.2, 0.25) is 0 Å². The second-order valence-electron chi connectivity index (χ2n) is 6.20. The maximum absolute atomic E-state index is 13.7. The van der Waals surface area contributed by atoms with Crippen LogP contribution in [0.3, 0.4) is 0 Å². The number of nitrogens with zero attached hydrogens (tertiary/aromatic N) is 3. The van der Waals surface area contributed by atoms with Gasteiger partial charge in [0.1, 0.15) is 17.3 Å². The number of hydrogen-bond donors (Lipinski definition) is 1. The summed E-state index contributed by atoms with van der Waals surface area (Å²) in [5.41, 5.74) is 0.741. The summed E-state index contributed by atoms with van der Waals surface area (Å²) in [6.07, 6.45) is 0. The van der Waals surface area contributed by atoms with Crippen LogP contribution in [-0.4, -0.2) is 54.7 Å². The van der Waals surface area contributed by atoms with Gasteiger partial charge in [-0.05, 0) is 26.0 Å². The number of nitrogens with one attached hydrogen (secondary N) is 1. The molecule has 8 nitrogen and oxygen atoms in total. The summed E-state index contributed by atoms with van der Waals surface area (Å²) < 4.78 is 47.4. The minimum Gasteiger partial charge on any atom is -0.379 e. The number of anilines is 1. The Morgan fingerprint density at radius 1 is 1.26 bits per heavy atom. The lowest BCUT2D eigenvalue weighted by Crippen LogP contribution is -2.41. The van der Waals surface area contributed by atoms with Crippen molar-refractivity contribution in [2.75, 3.05) is 31.6 Å². The highest BCUT2D eigenvalue weighted by Crippen LogP contribution is 2.24. The van der Waals surface area contributed by atoms with Crippen molar-refractivity contribution in [3.63, 3.8) is 0 Å². The van der Waals surface area contributed by atoms with E-state index in [1.54, 1.807) is 19.9 Å². The van der Waals surface area contributed by atoms with Crippen LogP contribution in [0.15, 0.2) is 29.2 Å². The van der Waals surface area contributed by atoms with Crippen molar-refractivity contribution in [1.29, 1.82) is 0 Å². The standard InChI is InChI=1S/C17H21FN4O4S/c1-12-17(27(24,25)21-7-9-26-10-8-21)13(2)22(20-12)11-16(23)19-15-6-4-3-5-14(15)18/h3-6H,7-11H2,1-2H3,(H,19,23). The fourth-order valence-electron chi connectivity index (χ4n) is 3.01. The Hall–Kier alpha value is -2.30. The first-order valence-corrected chi connectivity index (χ1v) is 9.91. The zero-order chi connectivity index (χ0) is 19.6. The predicted molar refractivity (Wildman–Crippen MR) is 96.3 cm³/mol. The topological polar surface area (TPSA) is 93.5 Å². The molecule has 1 amide bonds. The summed E-state index contributed by atoms with van der Waals surface area (Å²) in [4.78, 5) is 12.3. The molecule has 2 heterocycles. The SMILES string of the molecule is Cc1nn(CC(=O)Nc2ccccc2F)c(C)c1S(=O)(=O)N1CCOCC1. The quantitative estimate of drug-likeness (QED) is 0.822. The van der Waals surface area contributed by atoms with Gasteiger partial charge < -0.3 is 10.1 Å². The van der Waals surface area contributed by atoms with Crippen LogP contribution < -0.4 is 5.32 Å². The van der Waals surface area contributed by atoms with Crippen molar-refractivity contribution in [1.82, 2.24) is 14.1 Å². The Bertz CT molecular complexity index is 952. The summed E-state index contributed by atoms with van der Waals surface area (Å²) in [6, 6.07) is 5.82. The number of halogens is 1. The lowest BCUT2D eigenvalue weighted by molar-refractivity contribution is -0.117. The zero-order valence-electron chi connectivity index (χ0n) is 15.1. The first-order valence-electron chi connectivity index (χ1n) is 8.47. The van der Waals surface area contributed by atoms with Gasteiger partial charge in [-0.2, -0.15) is 9.40 Å². The molecule has 1 fully saturated rings. The van der Waals surface area contributed by atoms with Gasteiger partial charge in [0.2, 0.25) is 15.9 Å². The van der Waals surface area contributed by atoms with E-state index in [0.717, 1.165) is 0 Å². The third kappa shape index (κ3) is 4.02. The van der Waals surface area contributed by atoms with Crippen molar-refractivity contribution in [2.24, 2.45) is 0 Å². The smallest absolute Gasteiger partial charge is 0.246 e. The molecule has 10 heteroatoms. The number of aryl methyl sites for hydroxylation is 1. The van der Waals surface area contributed by atoms with Crippen LogP contribution in [0, 0.1) is 19.7 Å². The van der Waals surface area contributed by atoms with Crippen LogP contribution in [-0.2, 0) is 26.1 Å². The lowest BCUT2D eigenvalue weighted by Gasteiger charge is -2.26. The van der Waals surface area contributed by atoms with E-state index >= 15 is 0 Å². The van der Waals surface area contributed by atoms with Crippen LogP contribution in [0.25, 0.3) is 0 Å². The number of benzene rings is 1. The average Bonchev–Trinajstić information content (AvgIpc) is 2.91. The number of sulfonamides is 1. The van der Waals surface area contributed by atoms with Gasteiger partial charge in [-0.25, -0.2) is 12.8 Å². The van der Waals surface area contributed by atoms with Gasteiger partial charge >= 0.3 is 0 Å². The van der Waals surface area contributed by atoms with Gasteiger partial charge in [-0.15, -0.1) is 0 Å². The molecule has 3 rings (SSSR count). The largest absolute Gasteiger partial charge is 0.379 e. The highest BCUT2D eigenvalue weighted by Gasteiger charge is 2.32. The number of rotatable bonds is 5. The lowest BCUT2D eigenvalue weighted by atomic mass is 10.3. The number of aromatic nitrogens is 2. The van der Waals surface area contributed by atoms with Crippen molar-refractivity contribution < 1.29 is 22.3 Å². The Morgan fingerprint density at radius 3 is 2.59 bits per heavy atom. The molecule has 1 saturated heterocycles. The van der Waals surface area contributed by atoms with Crippen LogP contribution in [0.1, 0.15) is 11.4 Å². The molecule has 146 valence electrons.